The zero-order valence-electron chi connectivity index (χ0n) is 14.4. The van der Waals surface area contributed by atoms with E-state index in [1.807, 2.05) is 54.5 Å². The van der Waals surface area contributed by atoms with Gasteiger partial charge in [-0.15, -0.1) is 0 Å². The Labute approximate surface area is 141 Å². The number of carbonyl (C=O) groups excluding carboxylic acids is 1. The first kappa shape index (κ1) is 16.2. The van der Waals surface area contributed by atoms with Crippen molar-refractivity contribution in [2.24, 2.45) is 0 Å². The standard InChI is InChI=1S/C18H23N5O/c1-4-22-12-15(13(2)20-22)11-19-18(24)9-10-23-17-8-6-5-7-16(17)14(3)21-23/h5-8,12H,4,9-11H2,1-3H3,(H,19,24). The fraction of sp³-hybridized carbons (Fsp3) is 0.389. The third kappa shape index (κ3) is 3.32. The molecule has 2 aromatic heterocycles. The molecule has 6 nitrogen and oxygen atoms in total. The van der Waals surface area contributed by atoms with Crippen molar-refractivity contribution < 1.29 is 4.79 Å². The topological polar surface area (TPSA) is 64.7 Å². The van der Waals surface area contributed by atoms with Crippen LogP contribution < -0.4 is 5.32 Å². The van der Waals surface area contributed by atoms with Crippen LogP contribution >= 0.6 is 0 Å². The summed E-state index contributed by atoms with van der Waals surface area (Å²) in [7, 11) is 0. The molecule has 0 saturated heterocycles. The number of amides is 1. The van der Waals surface area contributed by atoms with Crippen molar-refractivity contribution in [2.45, 2.75) is 46.8 Å². The van der Waals surface area contributed by atoms with Crippen LogP contribution in [0.3, 0.4) is 0 Å². The van der Waals surface area contributed by atoms with Crippen LogP contribution in [0.15, 0.2) is 30.5 Å². The second kappa shape index (κ2) is 6.86. The zero-order chi connectivity index (χ0) is 17.1. The van der Waals surface area contributed by atoms with Crippen LogP contribution in [0.2, 0.25) is 0 Å². The van der Waals surface area contributed by atoms with Gasteiger partial charge in [0.1, 0.15) is 0 Å². The SMILES string of the molecule is CCn1cc(CNC(=O)CCn2nc(C)c3ccccc32)c(C)n1. The van der Waals surface area contributed by atoms with Gasteiger partial charge in [0.05, 0.1) is 23.4 Å². The van der Waals surface area contributed by atoms with Gasteiger partial charge < -0.3 is 5.32 Å². The van der Waals surface area contributed by atoms with Crippen LogP contribution in [0.25, 0.3) is 10.9 Å². The highest BCUT2D eigenvalue weighted by atomic mass is 16.1. The average molecular weight is 325 g/mol. The number of nitrogens with one attached hydrogen (secondary N) is 1. The number of nitrogens with zero attached hydrogens (tertiary/aromatic N) is 4. The molecule has 3 rings (SSSR count). The van der Waals surface area contributed by atoms with Gasteiger partial charge in [0.15, 0.2) is 0 Å². The van der Waals surface area contributed by atoms with Gasteiger partial charge >= 0.3 is 0 Å². The first-order valence-corrected chi connectivity index (χ1v) is 8.30. The number of fused-ring (bicyclic) bond motifs is 1. The lowest BCUT2D eigenvalue weighted by molar-refractivity contribution is -0.121. The van der Waals surface area contributed by atoms with Crippen LogP contribution in [0, 0.1) is 13.8 Å². The summed E-state index contributed by atoms with van der Waals surface area (Å²) in [6.45, 7) is 7.93. The van der Waals surface area contributed by atoms with Gasteiger partial charge in [0.25, 0.3) is 0 Å². The van der Waals surface area contributed by atoms with Gasteiger partial charge in [-0.3, -0.25) is 14.2 Å². The van der Waals surface area contributed by atoms with Gasteiger partial charge in [-0.1, -0.05) is 18.2 Å². The van der Waals surface area contributed by atoms with Crippen molar-refractivity contribution in [1.82, 2.24) is 24.9 Å². The van der Waals surface area contributed by atoms with Crippen LogP contribution in [0.5, 0.6) is 0 Å². The molecule has 0 aliphatic rings. The van der Waals surface area contributed by atoms with Gasteiger partial charge in [-0.2, -0.15) is 10.2 Å². The summed E-state index contributed by atoms with van der Waals surface area (Å²) in [5.74, 6) is 0.0240. The Bertz CT molecular complexity index is 862. The Hall–Kier alpha value is -2.63. The van der Waals surface area contributed by atoms with Crippen molar-refractivity contribution in [3.8, 4) is 0 Å². The molecule has 1 amide bonds. The smallest absolute Gasteiger partial charge is 0.222 e. The van der Waals surface area contributed by atoms with Crippen LogP contribution in [-0.4, -0.2) is 25.5 Å². The van der Waals surface area contributed by atoms with E-state index >= 15 is 0 Å². The molecule has 126 valence electrons. The lowest BCUT2D eigenvalue weighted by Gasteiger charge is -2.06. The number of benzene rings is 1. The maximum absolute atomic E-state index is 12.1. The molecule has 0 radical (unpaired) electrons. The maximum Gasteiger partial charge on any atom is 0.222 e. The van der Waals surface area contributed by atoms with E-state index in [4.69, 9.17) is 0 Å². The minimum atomic E-state index is 0.0240. The lowest BCUT2D eigenvalue weighted by atomic mass is 10.2. The molecule has 0 spiro atoms. The van der Waals surface area contributed by atoms with Gasteiger partial charge in [0, 0.05) is 36.7 Å². The molecule has 0 fully saturated rings. The van der Waals surface area contributed by atoms with Crippen molar-refractivity contribution in [2.75, 3.05) is 0 Å². The summed E-state index contributed by atoms with van der Waals surface area (Å²) in [5, 5.41) is 13.0. The molecule has 0 bridgehead atoms. The molecule has 6 heteroatoms. The first-order valence-electron chi connectivity index (χ1n) is 8.30. The van der Waals surface area contributed by atoms with Crippen molar-refractivity contribution >= 4 is 16.8 Å². The highest BCUT2D eigenvalue weighted by molar-refractivity contribution is 5.82. The molecule has 1 N–H and O–H groups in total. The van der Waals surface area contributed by atoms with Crippen LogP contribution in [0.1, 0.15) is 30.3 Å². The molecule has 24 heavy (non-hydrogen) atoms. The molecule has 0 unspecified atom stereocenters. The molecule has 2 heterocycles. The highest BCUT2D eigenvalue weighted by Crippen LogP contribution is 2.17. The van der Waals surface area contributed by atoms with Crippen molar-refractivity contribution in [3.05, 3.63) is 47.4 Å². The third-order valence-electron chi connectivity index (χ3n) is 4.24. The predicted molar refractivity (Wildman–Crippen MR) is 93.6 cm³/mol. The maximum atomic E-state index is 12.1. The Morgan fingerprint density at radius 3 is 2.71 bits per heavy atom. The summed E-state index contributed by atoms with van der Waals surface area (Å²) in [5.41, 5.74) is 4.09. The molecule has 1 aromatic carbocycles. The lowest BCUT2D eigenvalue weighted by Crippen LogP contribution is -2.24. The van der Waals surface area contributed by atoms with Crippen LogP contribution in [0.4, 0.5) is 0 Å². The molecule has 0 aliphatic carbocycles. The molecule has 0 saturated carbocycles. The second-order valence-electron chi connectivity index (χ2n) is 5.95. The second-order valence-corrected chi connectivity index (χ2v) is 5.95. The number of para-hydroxylation sites is 1. The molecular formula is C18H23N5O. The minimum absolute atomic E-state index is 0.0240. The number of rotatable bonds is 6. The predicted octanol–water partition coefficient (Wildman–Crippen LogP) is 2.58. The quantitative estimate of drug-likeness (QED) is 0.757. The summed E-state index contributed by atoms with van der Waals surface area (Å²) in [4.78, 5) is 12.1. The number of hydrogen-bond donors (Lipinski definition) is 1. The van der Waals surface area contributed by atoms with Crippen LogP contribution in [-0.2, 0) is 24.4 Å². The average Bonchev–Trinajstić information content (AvgIpc) is 3.11. The largest absolute Gasteiger partial charge is 0.352 e. The summed E-state index contributed by atoms with van der Waals surface area (Å²) in [6, 6.07) is 8.10. The fourth-order valence-electron chi connectivity index (χ4n) is 2.85. The van der Waals surface area contributed by atoms with E-state index in [0.717, 1.165) is 34.4 Å². The Morgan fingerprint density at radius 1 is 1.17 bits per heavy atom. The van der Waals surface area contributed by atoms with E-state index in [1.165, 1.54) is 0 Å². The number of aromatic nitrogens is 4. The van der Waals surface area contributed by atoms with E-state index in [-0.39, 0.29) is 5.91 Å². The fourth-order valence-corrected chi connectivity index (χ4v) is 2.85. The summed E-state index contributed by atoms with van der Waals surface area (Å²) >= 11 is 0. The molecule has 0 atom stereocenters. The van der Waals surface area contributed by atoms with E-state index in [0.29, 0.717) is 19.5 Å². The highest BCUT2D eigenvalue weighted by Gasteiger charge is 2.10. The van der Waals surface area contributed by atoms with Gasteiger partial charge in [0.2, 0.25) is 5.91 Å². The number of carbonyl (C=O) groups is 1. The molecule has 0 aliphatic heterocycles. The van der Waals surface area contributed by atoms with Crippen molar-refractivity contribution in [3.63, 3.8) is 0 Å². The minimum Gasteiger partial charge on any atom is -0.352 e. The third-order valence-corrected chi connectivity index (χ3v) is 4.24. The summed E-state index contributed by atoms with van der Waals surface area (Å²) in [6.07, 6.45) is 2.39. The monoisotopic (exact) mass is 325 g/mol. The normalized spacial score (nSPS) is 11.1. The first-order chi connectivity index (χ1) is 11.6. The molecule has 3 aromatic rings. The Morgan fingerprint density at radius 2 is 1.96 bits per heavy atom. The Balaban J connectivity index is 1.58. The van der Waals surface area contributed by atoms with Gasteiger partial charge in [-0.25, -0.2) is 0 Å². The van der Waals surface area contributed by atoms with E-state index < -0.39 is 0 Å². The molecular weight excluding hydrogens is 302 g/mol. The zero-order valence-corrected chi connectivity index (χ0v) is 14.4. The van der Waals surface area contributed by atoms with E-state index in [9.17, 15) is 4.79 Å². The van der Waals surface area contributed by atoms with E-state index in [1.54, 1.807) is 0 Å². The summed E-state index contributed by atoms with van der Waals surface area (Å²) < 4.78 is 3.79. The Kier molecular flexibility index (Phi) is 4.64. The van der Waals surface area contributed by atoms with Crippen molar-refractivity contribution in [1.29, 1.82) is 0 Å². The number of hydrogen-bond acceptors (Lipinski definition) is 3. The van der Waals surface area contributed by atoms with Gasteiger partial charge in [-0.05, 0) is 26.8 Å². The number of aryl methyl sites for hydroxylation is 4. The van der Waals surface area contributed by atoms with E-state index in [2.05, 4.69) is 21.6 Å².